The molecule has 0 spiro atoms. The van der Waals surface area contributed by atoms with Crippen molar-refractivity contribution in [3.63, 3.8) is 0 Å². The lowest BCUT2D eigenvalue weighted by Gasteiger charge is -2.26. The number of hydrogen-bond acceptors (Lipinski definition) is 7. The maximum absolute atomic E-state index is 12.5. The summed E-state index contributed by atoms with van der Waals surface area (Å²) in [5.74, 6) is 0.0625. The highest BCUT2D eigenvalue weighted by Crippen LogP contribution is 2.16. The summed E-state index contributed by atoms with van der Waals surface area (Å²) in [6, 6.07) is 8.74. The normalized spacial score (nSPS) is 14.5. The largest absolute Gasteiger partial charge is 0.379 e. The number of Topliss-reactive ketones (excluding diaryl/α,β-unsaturated/α-hetero) is 1. The highest BCUT2D eigenvalue weighted by atomic mass is 16.5. The lowest BCUT2D eigenvalue weighted by Crippen LogP contribution is -2.41. The van der Waals surface area contributed by atoms with Gasteiger partial charge in [0.25, 0.3) is 5.91 Å². The van der Waals surface area contributed by atoms with Crippen LogP contribution in [0.2, 0.25) is 0 Å². The molecular weight excluding hydrogens is 358 g/mol. The van der Waals surface area contributed by atoms with Gasteiger partial charge in [0, 0.05) is 43.1 Å². The molecule has 1 aliphatic rings. The van der Waals surface area contributed by atoms with Gasteiger partial charge in [0.2, 0.25) is 5.95 Å². The molecule has 28 heavy (non-hydrogen) atoms. The number of ether oxygens (including phenoxy) is 1. The van der Waals surface area contributed by atoms with Gasteiger partial charge in [-0.1, -0.05) is 12.1 Å². The second kappa shape index (κ2) is 9.38. The molecule has 2 aromatic rings. The van der Waals surface area contributed by atoms with Gasteiger partial charge in [-0.25, -0.2) is 9.97 Å². The van der Waals surface area contributed by atoms with Crippen molar-refractivity contribution < 1.29 is 14.3 Å². The van der Waals surface area contributed by atoms with Crippen molar-refractivity contribution in [1.82, 2.24) is 20.2 Å². The summed E-state index contributed by atoms with van der Waals surface area (Å²) in [6.45, 7) is 7.89. The SMILES string of the molecule is CC(=O)c1cccc(Nc2nc(C)cc(C(=O)NCCN3CCOCC3)n2)c1. The lowest BCUT2D eigenvalue weighted by atomic mass is 10.1. The van der Waals surface area contributed by atoms with E-state index in [1.807, 2.05) is 13.0 Å². The average molecular weight is 383 g/mol. The number of nitrogens with one attached hydrogen (secondary N) is 2. The zero-order valence-corrected chi connectivity index (χ0v) is 16.2. The van der Waals surface area contributed by atoms with E-state index in [0.29, 0.717) is 35.1 Å². The summed E-state index contributed by atoms with van der Waals surface area (Å²) in [7, 11) is 0. The number of aryl methyl sites for hydroxylation is 1. The van der Waals surface area contributed by atoms with Crippen LogP contribution in [0.1, 0.15) is 33.5 Å². The third-order valence-corrected chi connectivity index (χ3v) is 4.43. The Balaban J connectivity index is 1.62. The van der Waals surface area contributed by atoms with E-state index in [1.165, 1.54) is 6.92 Å². The standard InChI is InChI=1S/C20H25N5O3/c1-14-12-18(19(27)21-6-7-25-8-10-28-11-9-25)24-20(22-14)23-17-5-3-4-16(13-17)15(2)26/h3-5,12-13H,6-11H2,1-2H3,(H,21,27)(H,22,23,24). The van der Waals surface area contributed by atoms with Gasteiger partial charge in [0.05, 0.1) is 13.2 Å². The van der Waals surface area contributed by atoms with Gasteiger partial charge in [-0.15, -0.1) is 0 Å². The van der Waals surface area contributed by atoms with Crippen LogP contribution in [-0.4, -0.2) is 66.0 Å². The van der Waals surface area contributed by atoms with E-state index in [4.69, 9.17) is 4.74 Å². The number of anilines is 2. The fraction of sp³-hybridized carbons (Fsp3) is 0.400. The van der Waals surface area contributed by atoms with E-state index in [9.17, 15) is 9.59 Å². The van der Waals surface area contributed by atoms with Crippen LogP contribution < -0.4 is 10.6 Å². The number of carbonyl (C=O) groups excluding carboxylic acids is 2. The molecule has 0 unspecified atom stereocenters. The number of morpholine rings is 1. The van der Waals surface area contributed by atoms with E-state index in [2.05, 4.69) is 25.5 Å². The zero-order valence-electron chi connectivity index (χ0n) is 16.2. The van der Waals surface area contributed by atoms with Crippen molar-refractivity contribution >= 4 is 23.3 Å². The zero-order chi connectivity index (χ0) is 19.9. The molecule has 3 rings (SSSR count). The molecule has 1 aromatic carbocycles. The van der Waals surface area contributed by atoms with Crippen molar-refractivity contribution in [1.29, 1.82) is 0 Å². The summed E-state index contributed by atoms with van der Waals surface area (Å²) in [5.41, 5.74) is 2.27. The van der Waals surface area contributed by atoms with Gasteiger partial charge in [-0.05, 0) is 32.0 Å². The van der Waals surface area contributed by atoms with Crippen molar-refractivity contribution in [2.45, 2.75) is 13.8 Å². The number of amides is 1. The molecule has 2 N–H and O–H groups in total. The second-order valence-corrected chi connectivity index (χ2v) is 6.69. The smallest absolute Gasteiger partial charge is 0.270 e. The number of nitrogens with zero attached hydrogens (tertiary/aromatic N) is 3. The molecule has 1 saturated heterocycles. The van der Waals surface area contributed by atoms with E-state index in [-0.39, 0.29) is 11.7 Å². The van der Waals surface area contributed by atoms with Gasteiger partial charge < -0.3 is 15.4 Å². The van der Waals surface area contributed by atoms with Crippen LogP contribution in [0.4, 0.5) is 11.6 Å². The molecule has 1 aromatic heterocycles. The summed E-state index contributed by atoms with van der Waals surface area (Å²) in [6.07, 6.45) is 0. The van der Waals surface area contributed by atoms with Gasteiger partial charge in [-0.3, -0.25) is 14.5 Å². The van der Waals surface area contributed by atoms with Crippen molar-refractivity contribution in [3.05, 3.63) is 47.3 Å². The molecule has 1 fully saturated rings. The van der Waals surface area contributed by atoms with Crippen molar-refractivity contribution in [2.75, 3.05) is 44.7 Å². The van der Waals surface area contributed by atoms with Crippen LogP contribution in [0, 0.1) is 6.92 Å². The Morgan fingerprint density at radius 3 is 2.71 bits per heavy atom. The third kappa shape index (κ3) is 5.58. The first-order chi connectivity index (χ1) is 13.5. The Bertz CT molecular complexity index is 849. The van der Waals surface area contributed by atoms with Gasteiger partial charge in [0.1, 0.15) is 5.69 Å². The number of benzene rings is 1. The van der Waals surface area contributed by atoms with Gasteiger partial charge >= 0.3 is 0 Å². The minimum absolute atomic E-state index is 0.0193. The highest BCUT2D eigenvalue weighted by Gasteiger charge is 2.13. The van der Waals surface area contributed by atoms with Crippen LogP contribution in [-0.2, 0) is 4.74 Å². The van der Waals surface area contributed by atoms with E-state index >= 15 is 0 Å². The van der Waals surface area contributed by atoms with Crippen LogP contribution in [0.5, 0.6) is 0 Å². The highest BCUT2D eigenvalue weighted by molar-refractivity contribution is 5.95. The van der Waals surface area contributed by atoms with E-state index in [0.717, 1.165) is 32.8 Å². The molecule has 0 aliphatic carbocycles. The lowest BCUT2D eigenvalue weighted by molar-refractivity contribution is 0.0383. The molecular formula is C20H25N5O3. The first-order valence-electron chi connectivity index (χ1n) is 9.33. The molecule has 1 aliphatic heterocycles. The summed E-state index contributed by atoms with van der Waals surface area (Å²) in [4.78, 5) is 34.9. The Hall–Kier alpha value is -2.84. The Morgan fingerprint density at radius 1 is 1.18 bits per heavy atom. The molecule has 0 atom stereocenters. The third-order valence-electron chi connectivity index (χ3n) is 4.43. The number of aromatic nitrogens is 2. The van der Waals surface area contributed by atoms with Crippen LogP contribution in [0.15, 0.2) is 30.3 Å². The molecule has 0 bridgehead atoms. The van der Waals surface area contributed by atoms with E-state index < -0.39 is 0 Å². The molecule has 8 heteroatoms. The first kappa shape index (κ1) is 19.9. The van der Waals surface area contributed by atoms with Gasteiger partial charge in [-0.2, -0.15) is 0 Å². The molecule has 148 valence electrons. The van der Waals surface area contributed by atoms with Crippen LogP contribution >= 0.6 is 0 Å². The summed E-state index contributed by atoms with van der Waals surface area (Å²) in [5, 5.41) is 5.97. The van der Waals surface area contributed by atoms with E-state index in [1.54, 1.807) is 24.3 Å². The molecule has 0 saturated carbocycles. The van der Waals surface area contributed by atoms with Crippen LogP contribution in [0.25, 0.3) is 0 Å². The molecule has 1 amide bonds. The van der Waals surface area contributed by atoms with Crippen molar-refractivity contribution in [2.24, 2.45) is 0 Å². The van der Waals surface area contributed by atoms with Crippen molar-refractivity contribution in [3.8, 4) is 0 Å². The fourth-order valence-corrected chi connectivity index (χ4v) is 2.93. The maximum Gasteiger partial charge on any atom is 0.270 e. The quantitative estimate of drug-likeness (QED) is 0.704. The number of rotatable bonds is 7. The minimum atomic E-state index is -0.237. The predicted molar refractivity (Wildman–Crippen MR) is 106 cm³/mol. The number of carbonyl (C=O) groups is 2. The maximum atomic E-state index is 12.5. The minimum Gasteiger partial charge on any atom is -0.379 e. The number of ketones is 1. The Kier molecular flexibility index (Phi) is 6.67. The second-order valence-electron chi connectivity index (χ2n) is 6.69. The molecule has 2 heterocycles. The fourth-order valence-electron chi connectivity index (χ4n) is 2.93. The Labute approximate surface area is 164 Å². The average Bonchev–Trinajstić information content (AvgIpc) is 2.68. The Morgan fingerprint density at radius 2 is 1.96 bits per heavy atom. The summed E-state index contributed by atoms with van der Waals surface area (Å²) >= 11 is 0. The first-order valence-corrected chi connectivity index (χ1v) is 9.33. The number of hydrogen-bond donors (Lipinski definition) is 2. The van der Waals surface area contributed by atoms with Crippen LogP contribution in [0.3, 0.4) is 0 Å². The predicted octanol–water partition coefficient (Wildman–Crippen LogP) is 1.79. The van der Waals surface area contributed by atoms with Gasteiger partial charge in [0.15, 0.2) is 5.78 Å². The molecule has 0 radical (unpaired) electrons. The monoisotopic (exact) mass is 383 g/mol. The topological polar surface area (TPSA) is 96.5 Å². The summed E-state index contributed by atoms with van der Waals surface area (Å²) < 4.78 is 5.32. The molecule has 8 nitrogen and oxygen atoms in total.